The molecular weight excluding hydrogens is 411 g/mol. The van der Waals surface area contributed by atoms with Crippen molar-refractivity contribution in [1.82, 2.24) is 0 Å². The summed E-state index contributed by atoms with van der Waals surface area (Å²) in [7, 11) is 0. The molecule has 4 aliphatic carbocycles. The second kappa shape index (κ2) is 6.13. The maximum absolute atomic E-state index is 11.6. The molecule has 0 saturated heterocycles. The van der Waals surface area contributed by atoms with Gasteiger partial charge in [-0.3, -0.25) is 4.79 Å². The Morgan fingerprint density at radius 3 is 2.62 bits per heavy atom. The normalized spacial score (nSPS) is 53.7. The van der Waals surface area contributed by atoms with Crippen molar-refractivity contribution in [2.75, 3.05) is 0 Å². The van der Waals surface area contributed by atoms with Gasteiger partial charge in [-0.25, -0.2) is 0 Å². The van der Waals surface area contributed by atoms with Crippen LogP contribution in [0.4, 0.5) is 0 Å². The number of rotatable bonds is 1. The Bertz CT molecular complexity index is 520. The first-order valence-corrected chi connectivity index (χ1v) is 11.4. The van der Waals surface area contributed by atoms with E-state index in [0.29, 0.717) is 14.8 Å². The Morgan fingerprint density at radius 2 is 1.88 bits per heavy atom. The van der Waals surface area contributed by atoms with Gasteiger partial charge in [-0.15, -0.1) is 0 Å². The molecule has 0 aromatic heterocycles. The molecule has 4 rings (SSSR count). The fourth-order valence-electron chi connectivity index (χ4n) is 7.55. The van der Waals surface area contributed by atoms with Crippen molar-refractivity contribution in [1.29, 1.82) is 0 Å². The first-order valence-electron chi connectivity index (χ1n) is 10.1. The van der Waals surface area contributed by atoms with Crippen LogP contribution in [0.15, 0.2) is 0 Å². The molecule has 0 heterocycles. The van der Waals surface area contributed by atoms with Crippen LogP contribution in [0.1, 0.15) is 78.6 Å². The van der Waals surface area contributed by atoms with Crippen molar-refractivity contribution < 1.29 is 9.53 Å². The van der Waals surface area contributed by atoms with Crippen LogP contribution < -0.4 is 0 Å². The van der Waals surface area contributed by atoms with Gasteiger partial charge >= 0.3 is 5.97 Å². The number of alkyl halides is 1. The van der Waals surface area contributed by atoms with Crippen LogP contribution in [-0.4, -0.2) is 16.0 Å². The monoisotopic (exact) mass is 444 g/mol. The fraction of sp³-hybridized carbons (Fsp3) is 0.952. The summed E-state index contributed by atoms with van der Waals surface area (Å²) in [5, 5.41) is 0. The number of carbonyl (C=O) groups is 1. The van der Waals surface area contributed by atoms with Crippen molar-refractivity contribution in [3.8, 4) is 0 Å². The Hall–Kier alpha value is 0.200. The maximum atomic E-state index is 11.6. The van der Waals surface area contributed by atoms with Gasteiger partial charge in [0.05, 0.1) is 0 Å². The van der Waals surface area contributed by atoms with Crippen LogP contribution in [0.3, 0.4) is 0 Å². The summed E-state index contributed by atoms with van der Waals surface area (Å²) in [4.78, 5) is 11.6. The highest BCUT2D eigenvalue weighted by Gasteiger charge is 2.59. The minimum atomic E-state index is -0.0944. The number of fused-ring (bicyclic) bond motifs is 5. The molecule has 24 heavy (non-hydrogen) atoms. The molecule has 2 nitrogen and oxygen atoms in total. The summed E-state index contributed by atoms with van der Waals surface area (Å²) in [5.74, 6) is 3.53. The lowest BCUT2D eigenvalue weighted by Crippen LogP contribution is -2.55. The number of hydrogen-bond acceptors (Lipinski definition) is 2. The Morgan fingerprint density at radius 1 is 1.08 bits per heavy atom. The second-order valence-corrected chi connectivity index (χ2v) is 11.4. The van der Waals surface area contributed by atoms with Gasteiger partial charge in [-0.05, 0) is 85.9 Å². The third kappa shape index (κ3) is 2.66. The van der Waals surface area contributed by atoms with Gasteiger partial charge in [0.15, 0.2) is 0 Å². The standard InChI is InChI=1S/C21H33IO2/c1-13(23)24-19-12-21(3)14(11-18(19)22)6-7-15-16-5-4-9-20(16,2)10-8-17(15)21/h14-19H,4-12H2,1-3H3/t14-,15+,16+,17+,18+,19+,20-,21-/m0/s1. The number of ether oxygens (including phenoxy) is 1. The maximum Gasteiger partial charge on any atom is 0.302 e. The Labute approximate surface area is 161 Å². The van der Waals surface area contributed by atoms with Crippen molar-refractivity contribution >= 4 is 28.6 Å². The molecule has 0 aliphatic heterocycles. The van der Waals surface area contributed by atoms with E-state index in [1.54, 1.807) is 6.92 Å². The fourth-order valence-corrected chi connectivity index (χ4v) is 8.56. The summed E-state index contributed by atoms with van der Waals surface area (Å²) in [6.45, 7) is 6.72. The molecule has 0 spiro atoms. The van der Waals surface area contributed by atoms with Crippen LogP contribution >= 0.6 is 22.6 Å². The predicted octanol–water partition coefficient (Wildman–Crippen LogP) is 5.76. The highest BCUT2D eigenvalue weighted by molar-refractivity contribution is 14.1. The molecule has 0 amide bonds. The average molecular weight is 444 g/mol. The lowest BCUT2D eigenvalue weighted by Gasteiger charge is -2.61. The zero-order valence-electron chi connectivity index (χ0n) is 15.5. The Kier molecular flexibility index (Phi) is 4.49. The van der Waals surface area contributed by atoms with Crippen LogP contribution in [0.2, 0.25) is 0 Å². The van der Waals surface area contributed by atoms with E-state index in [2.05, 4.69) is 36.4 Å². The van der Waals surface area contributed by atoms with Gasteiger partial charge in [0, 0.05) is 10.8 Å². The van der Waals surface area contributed by atoms with Crippen LogP contribution in [0, 0.1) is 34.5 Å². The third-order valence-corrected chi connectivity index (χ3v) is 10.0. The minimum Gasteiger partial charge on any atom is -0.461 e. The molecule has 0 radical (unpaired) electrons. The zero-order chi connectivity index (χ0) is 17.1. The first-order chi connectivity index (χ1) is 11.3. The Balaban J connectivity index is 1.59. The summed E-state index contributed by atoms with van der Waals surface area (Å²) in [6.07, 6.45) is 12.6. The number of carbonyl (C=O) groups excluding carboxylic acids is 1. The quantitative estimate of drug-likeness (QED) is 0.292. The van der Waals surface area contributed by atoms with Crippen molar-refractivity contribution in [3.05, 3.63) is 0 Å². The van der Waals surface area contributed by atoms with E-state index >= 15 is 0 Å². The van der Waals surface area contributed by atoms with Gasteiger partial charge < -0.3 is 4.74 Å². The van der Waals surface area contributed by atoms with Crippen LogP contribution in [-0.2, 0) is 9.53 Å². The largest absolute Gasteiger partial charge is 0.461 e. The van der Waals surface area contributed by atoms with E-state index in [9.17, 15) is 4.79 Å². The van der Waals surface area contributed by atoms with E-state index in [-0.39, 0.29) is 12.1 Å². The molecule has 0 aromatic rings. The summed E-state index contributed by atoms with van der Waals surface area (Å²) >= 11 is 2.55. The zero-order valence-corrected chi connectivity index (χ0v) is 17.7. The molecule has 0 aromatic carbocycles. The molecule has 4 aliphatic rings. The molecule has 4 fully saturated rings. The summed E-state index contributed by atoms with van der Waals surface area (Å²) in [5.41, 5.74) is 1.04. The molecule has 8 atom stereocenters. The van der Waals surface area contributed by atoms with Gasteiger partial charge in [0.2, 0.25) is 0 Å². The number of hydrogen-bond donors (Lipinski definition) is 0. The smallest absolute Gasteiger partial charge is 0.302 e. The molecule has 0 unspecified atom stereocenters. The summed E-state index contributed by atoms with van der Waals surface area (Å²) < 4.78 is 6.26. The first kappa shape index (κ1) is 17.6. The SMILES string of the molecule is CC(=O)O[C@@H]1C[C@@]2(C)[C@@H](CC[C@@H]3[C@H]4CCC[C@@]4(C)CC[C@H]32)C[C@H]1I. The molecule has 3 heteroatoms. The number of esters is 1. The molecule has 4 saturated carbocycles. The molecule has 136 valence electrons. The lowest BCUT2D eigenvalue weighted by atomic mass is 9.45. The van der Waals surface area contributed by atoms with E-state index in [0.717, 1.165) is 30.1 Å². The topological polar surface area (TPSA) is 26.3 Å². The third-order valence-electron chi connectivity index (χ3n) is 8.72. The number of halogens is 1. The van der Waals surface area contributed by atoms with E-state index in [4.69, 9.17) is 4.74 Å². The minimum absolute atomic E-state index is 0.0944. The van der Waals surface area contributed by atoms with E-state index in [1.807, 2.05) is 0 Å². The highest BCUT2D eigenvalue weighted by Crippen LogP contribution is 2.66. The van der Waals surface area contributed by atoms with Gasteiger partial charge in [0.25, 0.3) is 0 Å². The second-order valence-electron chi connectivity index (χ2n) is 9.85. The van der Waals surface area contributed by atoms with Crippen molar-refractivity contribution in [3.63, 3.8) is 0 Å². The van der Waals surface area contributed by atoms with E-state index in [1.165, 1.54) is 51.4 Å². The van der Waals surface area contributed by atoms with Gasteiger partial charge in [0.1, 0.15) is 6.10 Å². The van der Waals surface area contributed by atoms with Gasteiger partial charge in [-0.2, -0.15) is 0 Å². The summed E-state index contributed by atoms with van der Waals surface area (Å²) in [6, 6.07) is 0. The van der Waals surface area contributed by atoms with Crippen molar-refractivity contribution in [2.24, 2.45) is 34.5 Å². The van der Waals surface area contributed by atoms with Crippen molar-refractivity contribution in [2.45, 2.75) is 88.6 Å². The molecular formula is C21H33IO2. The molecule has 0 N–H and O–H groups in total. The lowest BCUT2D eigenvalue weighted by molar-refractivity contribution is -0.159. The van der Waals surface area contributed by atoms with Gasteiger partial charge in [-0.1, -0.05) is 42.9 Å². The van der Waals surface area contributed by atoms with Crippen LogP contribution in [0.5, 0.6) is 0 Å². The molecule has 0 bridgehead atoms. The highest BCUT2D eigenvalue weighted by atomic mass is 127. The van der Waals surface area contributed by atoms with Crippen LogP contribution in [0.25, 0.3) is 0 Å². The van der Waals surface area contributed by atoms with E-state index < -0.39 is 0 Å². The predicted molar refractivity (Wildman–Crippen MR) is 105 cm³/mol. The average Bonchev–Trinajstić information content (AvgIpc) is 2.90.